The molecule has 90 valence electrons. The third kappa shape index (κ3) is 1.88. The van der Waals surface area contributed by atoms with Crippen LogP contribution in [-0.2, 0) is 9.84 Å². The minimum atomic E-state index is -3.71. The molecule has 0 aromatic heterocycles. The van der Waals surface area contributed by atoms with Crippen LogP contribution in [0.4, 0.5) is 0 Å². The molecule has 1 N–H and O–H groups in total. The molecule has 0 unspecified atom stereocenters. The predicted molar refractivity (Wildman–Crippen MR) is 64.9 cm³/mol. The van der Waals surface area contributed by atoms with E-state index in [4.69, 9.17) is 5.26 Å². The smallest absolute Gasteiger partial charge is 0.197 e. The summed E-state index contributed by atoms with van der Waals surface area (Å²) >= 11 is 3.22. The standard InChI is InChI=1S/C11H10BrNO3S/c12-8-1-3-10(4-2-8)17(15,16)11(7-13)5-9(14)6-11/h1-4,9,14H,5-6H2. The van der Waals surface area contributed by atoms with Crippen LogP contribution in [0.1, 0.15) is 12.8 Å². The largest absolute Gasteiger partial charge is 0.393 e. The maximum atomic E-state index is 12.3. The lowest BCUT2D eigenvalue weighted by atomic mass is 9.82. The summed E-state index contributed by atoms with van der Waals surface area (Å²) in [5, 5.41) is 18.3. The van der Waals surface area contributed by atoms with Crippen LogP contribution in [0.2, 0.25) is 0 Å². The molecule has 1 aromatic carbocycles. The maximum absolute atomic E-state index is 12.3. The van der Waals surface area contributed by atoms with E-state index in [1.54, 1.807) is 12.1 Å². The molecule has 1 saturated carbocycles. The molecule has 0 amide bonds. The van der Waals surface area contributed by atoms with Gasteiger partial charge in [0.15, 0.2) is 14.6 Å². The van der Waals surface area contributed by atoms with Gasteiger partial charge in [0.05, 0.1) is 17.1 Å². The number of halogens is 1. The fraction of sp³-hybridized carbons (Fsp3) is 0.364. The Balaban J connectivity index is 2.44. The van der Waals surface area contributed by atoms with Gasteiger partial charge in [-0.1, -0.05) is 15.9 Å². The number of benzene rings is 1. The molecule has 1 fully saturated rings. The van der Waals surface area contributed by atoms with Crippen LogP contribution in [0.15, 0.2) is 33.6 Å². The zero-order chi connectivity index (χ0) is 12.7. The Kier molecular flexibility index (Phi) is 3.02. The second-order valence-electron chi connectivity index (χ2n) is 4.13. The molecule has 0 heterocycles. The van der Waals surface area contributed by atoms with E-state index in [1.165, 1.54) is 12.1 Å². The molecule has 1 aromatic rings. The topological polar surface area (TPSA) is 78.2 Å². The van der Waals surface area contributed by atoms with Crippen molar-refractivity contribution in [2.75, 3.05) is 0 Å². The van der Waals surface area contributed by atoms with Crippen molar-refractivity contribution in [2.45, 2.75) is 28.6 Å². The van der Waals surface area contributed by atoms with Crippen molar-refractivity contribution in [1.82, 2.24) is 0 Å². The Morgan fingerprint density at radius 2 is 1.88 bits per heavy atom. The zero-order valence-corrected chi connectivity index (χ0v) is 11.2. The van der Waals surface area contributed by atoms with E-state index in [-0.39, 0.29) is 17.7 Å². The highest BCUT2D eigenvalue weighted by Gasteiger charge is 2.55. The fourth-order valence-corrected chi connectivity index (χ4v) is 4.07. The van der Waals surface area contributed by atoms with Crippen LogP contribution >= 0.6 is 15.9 Å². The van der Waals surface area contributed by atoms with E-state index in [1.807, 2.05) is 6.07 Å². The second kappa shape index (κ2) is 4.09. The molecule has 1 aliphatic carbocycles. The van der Waals surface area contributed by atoms with E-state index in [9.17, 15) is 13.5 Å². The summed E-state index contributed by atoms with van der Waals surface area (Å²) < 4.78 is 23.9. The van der Waals surface area contributed by atoms with Crippen molar-refractivity contribution in [2.24, 2.45) is 0 Å². The molecule has 1 aliphatic rings. The minimum Gasteiger partial charge on any atom is -0.393 e. The Morgan fingerprint density at radius 1 is 1.35 bits per heavy atom. The number of aliphatic hydroxyl groups excluding tert-OH is 1. The summed E-state index contributed by atoms with van der Waals surface area (Å²) in [6.07, 6.45) is -0.719. The highest BCUT2D eigenvalue weighted by Crippen LogP contribution is 2.42. The van der Waals surface area contributed by atoms with E-state index >= 15 is 0 Å². The molecule has 17 heavy (non-hydrogen) atoms. The van der Waals surface area contributed by atoms with Crippen molar-refractivity contribution in [3.05, 3.63) is 28.7 Å². The second-order valence-corrected chi connectivity index (χ2v) is 7.30. The number of aliphatic hydroxyl groups is 1. The predicted octanol–water partition coefficient (Wildman–Crippen LogP) is 1.64. The van der Waals surface area contributed by atoms with Gasteiger partial charge in [0, 0.05) is 17.3 Å². The third-order valence-electron chi connectivity index (χ3n) is 2.97. The van der Waals surface area contributed by atoms with E-state index in [2.05, 4.69) is 15.9 Å². The van der Waals surface area contributed by atoms with Gasteiger partial charge in [-0.25, -0.2) is 8.42 Å². The quantitative estimate of drug-likeness (QED) is 0.900. The molecule has 0 radical (unpaired) electrons. The van der Waals surface area contributed by atoms with Crippen molar-refractivity contribution in [3.8, 4) is 6.07 Å². The van der Waals surface area contributed by atoms with Crippen LogP contribution in [-0.4, -0.2) is 24.4 Å². The van der Waals surface area contributed by atoms with Crippen molar-refractivity contribution in [3.63, 3.8) is 0 Å². The SMILES string of the molecule is N#CC1(S(=O)(=O)c2ccc(Br)cc2)CC(O)C1. The first kappa shape index (κ1) is 12.6. The maximum Gasteiger partial charge on any atom is 0.197 e. The Hall–Kier alpha value is -0.900. The summed E-state index contributed by atoms with van der Waals surface area (Å²) in [6.45, 7) is 0. The molecule has 0 atom stereocenters. The van der Waals surface area contributed by atoms with Crippen LogP contribution in [0, 0.1) is 11.3 Å². The molecule has 4 nitrogen and oxygen atoms in total. The van der Waals surface area contributed by atoms with Crippen molar-refractivity contribution < 1.29 is 13.5 Å². The van der Waals surface area contributed by atoms with E-state index in [0.717, 1.165) is 4.47 Å². The Morgan fingerprint density at radius 3 is 2.29 bits per heavy atom. The van der Waals surface area contributed by atoms with Crippen LogP contribution < -0.4 is 0 Å². The molecule has 0 saturated heterocycles. The number of hydrogen-bond acceptors (Lipinski definition) is 4. The third-order valence-corrected chi connectivity index (χ3v) is 5.85. The van der Waals surface area contributed by atoms with Gasteiger partial charge >= 0.3 is 0 Å². The monoisotopic (exact) mass is 315 g/mol. The van der Waals surface area contributed by atoms with Gasteiger partial charge < -0.3 is 5.11 Å². The van der Waals surface area contributed by atoms with Gasteiger partial charge in [0.2, 0.25) is 0 Å². The molecule has 6 heteroatoms. The molecular weight excluding hydrogens is 306 g/mol. The number of hydrogen-bond donors (Lipinski definition) is 1. The summed E-state index contributed by atoms with van der Waals surface area (Å²) in [6, 6.07) is 8.00. The van der Waals surface area contributed by atoms with Crippen LogP contribution in [0.3, 0.4) is 0 Å². The fourth-order valence-electron chi connectivity index (χ4n) is 1.91. The van der Waals surface area contributed by atoms with Gasteiger partial charge in [0.1, 0.15) is 0 Å². The van der Waals surface area contributed by atoms with Crippen LogP contribution in [0.25, 0.3) is 0 Å². The summed E-state index contributed by atoms with van der Waals surface area (Å²) in [4.78, 5) is 0.120. The van der Waals surface area contributed by atoms with Gasteiger partial charge in [-0.05, 0) is 24.3 Å². The highest BCUT2D eigenvalue weighted by atomic mass is 79.9. The normalized spacial score (nSPS) is 28.2. The first-order valence-electron chi connectivity index (χ1n) is 5.01. The number of sulfone groups is 1. The average Bonchev–Trinajstić information content (AvgIpc) is 2.24. The summed E-state index contributed by atoms with van der Waals surface area (Å²) in [5.41, 5.74) is 0. The average molecular weight is 316 g/mol. The lowest BCUT2D eigenvalue weighted by Gasteiger charge is -2.38. The van der Waals surface area contributed by atoms with Crippen molar-refractivity contribution >= 4 is 25.8 Å². The van der Waals surface area contributed by atoms with Gasteiger partial charge in [-0.3, -0.25) is 0 Å². The molecule has 0 spiro atoms. The molecule has 0 aliphatic heterocycles. The summed E-state index contributed by atoms with van der Waals surface area (Å²) in [5.74, 6) is 0. The van der Waals surface area contributed by atoms with Gasteiger partial charge in [0.25, 0.3) is 0 Å². The van der Waals surface area contributed by atoms with Crippen LogP contribution in [0.5, 0.6) is 0 Å². The van der Waals surface area contributed by atoms with Gasteiger partial charge in [-0.2, -0.15) is 5.26 Å². The number of rotatable bonds is 2. The van der Waals surface area contributed by atoms with Crippen molar-refractivity contribution in [1.29, 1.82) is 5.26 Å². The first-order chi connectivity index (χ1) is 7.91. The molecular formula is C11H10BrNO3S. The minimum absolute atomic E-state index is 0.0120. The Labute approximate surface area is 108 Å². The zero-order valence-electron chi connectivity index (χ0n) is 8.80. The molecule has 2 rings (SSSR count). The summed E-state index contributed by atoms with van der Waals surface area (Å²) in [7, 11) is -3.71. The lowest BCUT2D eigenvalue weighted by molar-refractivity contribution is 0.0764. The van der Waals surface area contributed by atoms with E-state index in [0.29, 0.717) is 0 Å². The van der Waals surface area contributed by atoms with E-state index < -0.39 is 20.7 Å². The number of nitriles is 1. The molecule has 0 bridgehead atoms. The lowest BCUT2D eigenvalue weighted by Crippen LogP contribution is -2.51. The highest BCUT2D eigenvalue weighted by molar-refractivity contribution is 9.10. The first-order valence-corrected chi connectivity index (χ1v) is 7.28. The number of nitrogens with zero attached hydrogens (tertiary/aromatic N) is 1. The Bertz CT molecular complexity index is 568. The van der Waals surface area contributed by atoms with Gasteiger partial charge in [-0.15, -0.1) is 0 Å².